The van der Waals surface area contributed by atoms with Crippen LogP contribution in [0.4, 0.5) is 5.69 Å². The molecule has 0 saturated heterocycles. The summed E-state index contributed by atoms with van der Waals surface area (Å²) in [5.74, 6) is 0.241. The largest absolute Gasteiger partial charge is 0.373 e. The fraction of sp³-hybridized carbons (Fsp3) is 0.182. The monoisotopic (exact) mass is 360 g/mol. The van der Waals surface area contributed by atoms with Crippen molar-refractivity contribution in [3.63, 3.8) is 0 Å². The van der Waals surface area contributed by atoms with Crippen LogP contribution in [-0.2, 0) is 4.79 Å². The Kier molecular flexibility index (Phi) is 3.57. The fourth-order valence-corrected chi connectivity index (χ4v) is 4.31. The second-order valence-electron chi connectivity index (χ2n) is 6.86. The number of carbonyl (C=O) groups excluding carboxylic acids is 1. The van der Waals surface area contributed by atoms with Gasteiger partial charge in [0.2, 0.25) is 0 Å². The number of rotatable bonds is 1. The van der Waals surface area contributed by atoms with Gasteiger partial charge in [-0.2, -0.15) is 0 Å². The van der Waals surface area contributed by atoms with Gasteiger partial charge in [0, 0.05) is 39.9 Å². The van der Waals surface area contributed by atoms with E-state index >= 15 is 0 Å². The molecule has 0 bridgehead atoms. The third-order valence-electron chi connectivity index (χ3n) is 5.33. The molecule has 26 heavy (non-hydrogen) atoms. The highest BCUT2D eigenvalue weighted by atomic mass is 35.5. The predicted octanol–water partition coefficient (Wildman–Crippen LogP) is 5.56. The molecule has 128 valence electrons. The van der Waals surface area contributed by atoms with Gasteiger partial charge in [-0.3, -0.25) is 9.78 Å². The molecular formula is C22H17ClN2O. The molecule has 0 fully saturated rings. The number of hydrogen-bond acceptors (Lipinski definition) is 3. The molecule has 3 nitrogen and oxygen atoms in total. The Balaban J connectivity index is 1.78. The van der Waals surface area contributed by atoms with Crippen molar-refractivity contribution in [3.05, 3.63) is 76.5 Å². The van der Waals surface area contributed by atoms with Crippen LogP contribution in [-0.4, -0.2) is 10.8 Å². The number of ketones is 1. The standard InChI is InChI=1S/C22H17ClN2O/c23-14-8-6-13(7-9-14)22-21-16(3-1-5-19(21)26)20-15-4-2-12-24-17(15)10-11-18(20)25-22/h2,4,6-12,22,25H,1,3,5H2/t22-/m1/s1. The Labute approximate surface area is 156 Å². The van der Waals surface area contributed by atoms with Crippen LogP contribution < -0.4 is 5.32 Å². The highest BCUT2D eigenvalue weighted by Gasteiger charge is 2.34. The predicted molar refractivity (Wildman–Crippen MR) is 105 cm³/mol. The molecule has 1 aliphatic heterocycles. The second-order valence-corrected chi connectivity index (χ2v) is 7.29. The molecule has 1 N–H and O–H groups in total. The molecule has 0 amide bonds. The van der Waals surface area contributed by atoms with Gasteiger partial charge in [0.25, 0.3) is 0 Å². The summed E-state index contributed by atoms with van der Waals surface area (Å²) >= 11 is 6.06. The molecule has 1 atom stereocenters. The summed E-state index contributed by atoms with van der Waals surface area (Å²) in [7, 11) is 0. The summed E-state index contributed by atoms with van der Waals surface area (Å²) in [4.78, 5) is 17.4. The second kappa shape index (κ2) is 5.96. The zero-order chi connectivity index (χ0) is 17.7. The zero-order valence-electron chi connectivity index (χ0n) is 14.1. The molecule has 1 aromatic heterocycles. The number of carbonyl (C=O) groups is 1. The van der Waals surface area contributed by atoms with Crippen molar-refractivity contribution >= 4 is 39.5 Å². The number of hydrogen-bond donors (Lipinski definition) is 1. The van der Waals surface area contributed by atoms with Gasteiger partial charge >= 0.3 is 0 Å². The van der Waals surface area contributed by atoms with Crippen LogP contribution in [0, 0.1) is 0 Å². The third kappa shape index (κ3) is 2.35. The van der Waals surface area contributed by atoms with Gasteiger partial charge in [-0.1, -0.05) is 29.8 Å². The first kappa shape index (κ1) is 15.6. The van der Waals surface area contributed by atoms with Crippen molar-refractivity contribution in [1.82, 2.24) is 4.98 Å². The number of nitrogens with one attached hydrogen (secondary N) is 1. The molecule has 5 rings (SSSR count). The topological polar surface area (TPSA) is 42.0 Å². The summed E-state index contributed by atoms with van der Waals surface area (Å²) < 4.78 is 0. The minimum absolute atomic E-state index is 0.128. The van der Waals surface area contributed by atoms with Crippen LogP contribution in [0.1, 0.15) is 36.4 Å². The lowest BCUT2D eigenvalue weighted by atomic mass is 9.77. The van der Waals surface area contributed by atoms with E-state index in [0.717, 1.165) is 46.1 Å². The maximum Gasteiger partial charge on any atom is 0.161 e. The number of pyridine rings is 1. The van der Waals surface area contributed by atoms with Gasteiger partial charge in [0.1, 0.15) is 0 Å². The van der Waals surface area contributed by atoms with Crippen LogP contribution in [0.5, 0.6) is 0 Å². The first-order valence-electron chi connectivity index (χ1n) is 8.89. The molecule has 0 unspecified atom stereocenters. The average Bonchev–Trinajstić information content (AvgIpc) is 2.68. The molecule has 4 heteroatoms. The first-order valence-corrected chi connectivity index (χ1v) is 9.26. The van der Waals surface area contributed by atoms with Crippen molar-refractivity contribution in [2.24, 2.45) is 0 Å². The van der Waals surface area contributed by atoms with E-state index in [0.29, 0.717) is 11.4 Å². The number of Topliss-reactive ketones (excluding diaryl/α,β-unsaturated/α-hetero) is 1. The Bertz CT molecular complexity index is 1070. The number of benzene rings is 2. The number of allylic oxidation sites excluding steroid dienone is 1. The van der Waals surface area contributed by atoms with Crippen molar-refractivity contribution in [2.45, 2.75) is 25.3 Å². The summed E-state index contributed by atoms with van der Waals surface area (Å²) in [5, 5.41) is 5.41. The van der Waals surface area contributed by atoms with Gasteiger partial charge in [-0.25, -0.2) is 0 Å². The molecule has 2 aromatic carbocycles. The minimum Gasteiger partial charge on any atom is -0.373 e. The fourth-order valence-electron chi connectivity index (χ4n) is 4.19. The molecule has 0 radical (unpaired) electrons. The lowest BCUT2D eigenvalue weighted by Gasteiger charge is -2.35. The number of halogens is 1. The number of fused-ring (bicyclic) bond motifs is 4. The van der Waals surface area contributed by atoms with Gasteiger partial charge in [-0.05, 0) is 54.3 Å². The first-order chi connectivity index (χ1) is 12.7. The van der Waals surface area contributed by atoms with E-state index in [9.17, 15) is 4.79 Å². The zero-order valence-corrected chi connectivity index (χ0v) is 14.9. The molecule has 2 aliphatic rings. The van der Waals surface area contributed by atoms with Crippen molar-refractivity contribution in [1.29, 1.82) is 0 Å². The average molecular weight is 361 g/mol. The Hall–Kier alpha value is -2.65. The van der Waals surface area contributed by atoms with Gasteiger partial charge in [0.15, 0.2) is 5.78 Å². The normalized spacial score (nSPS) is 19.1. The van der Waals surface area contributed by atoms with Gasteiger partial charge in [0.05, 0.1) is 11.6 Å². The van der Waals surface area contributed by atoms with E-state index in [1.807, 2.05) is 42.6 Å². The number of aromatic nitrogens is 1. The Morgan fingerprint density at radius 2 is 1.88 bits per heavy atom. The van der Waals surface area contributed by atoms with Crippen molar-refractivity contribution < 1.29 is 4.79 Å². The van der Waals surface area contributed by atoms with E-state index in [2.05, 4.69) is 22.4 Å². The van der Waals surface area contributed by atoms with Gasteiger partial charge in [-0.15, -0.1) is 0 Å². The summed E-state index contributed by atoms with van der Waals surface area (Å²) in [6, 6.07) is 15.8. The van der Waals surface area contributed by atoms with Crippen LogP contribution >= 0.6 is 11.6 Å². The lowest BCUT2D eigenvalue weighted by Crippen LogP contribution is -2.27. The smallest absolute Gasteiger partial charge is 0.161 e. The Morgan fingerprint density at radius 1 is 1.04 bits per heavy atom. The maximum atomic E-state index is 12.9. The minimum atomic E-state index is -0.128. The summed E-state index contributed by atoms with van der Waals surface area (Å²) in [6.45, 7) is 0. The molecule has 0 spiro atoms. The maximum absolute atomic E-state index is 12.9. The number of nitrogens with zero attached hydrogens (tertiary/aromatic N) is 1. The highest BCUT2D eigenvalue weighted by Crippen LogP contribution is 2.47. The molecular weight excluding hydrogens is 344 g/mol. The van der Waals surface area contributed by atoms with Crippen molar-refractivity contribution in [3.8, 4) is 0 Å². The van der Waals surface area contributed by atoms with E-state index in [1.54, 1.807) is 0 Å². The van der Waals surface area contributed by atoms with Crippen LogP contribution in [0.3, 0.4) is 0 Å². The van der Waals surface area contributed by atoms with Crippen LogP contribution in [0.2, 0.25) is 5.02 Å². The van der Waals surface area contributed by atoms with Crippen LogP contribution in [0.25, 0.3) is 16.5 Å². The summed E-state index contributed by atoms with van der Waals surface area (Å²) in [6.07, 6.45) is 4.25. The van der Waals surface area contributed by atoms with E-state index in [-0.39, 0.29) is 11.8 Å². The molecule has 2 heterocycles. The van der Waals surface area contributed by atoms with E-state index in [1.165, 1.54) is 5.57 Å². The Morgan fingerprint density at radius 3 is 2.73 bits per heavy atom. The third-order valence-corrected chi connectivity index (χ3v) is 5.59. The molecule has 1 aliphatic carbocycles. The van der Waals surface area contributed by atoms with E-state index < -0.39 is 0 Å². The number of anilines is 1. The van der Waals surface area contributed by atoms with Crippen molar-refractivity contribution in [2.75, 3.05) is 5.32 Å². The quantitative estimate of drug-likeness (QED) is 0.617. The molecule has 0 saturated carbocycles. The molecule has 3 aromatic rings. The van der Waals surface area contributed by atoms with Gasteiger partial charge < -0.3 is 5.32 Å². The summed E-state index contributed by atoms with van der Waals surface area (Å²) in [5.41, 5.74) is 6.32. The highest BCUT2D eigenvalue weighted by molar-refractivity contribution is 6.30. The lowest BCUT2D eigenvalue weighted by molar-refractivity contribution is -0.116. The van der Waals surface area contributed by atoms with E-state index in [4.69, 9.17) is 11.6 Å². The van der Waals surface area contributed by atoms with Crippen LogP contribution in [0.15, 0.2) is 60.3 Å². The SMILES string of the molecule is O=C1CCCC2=C1[C@@H](c1ccc(Cl)cc1)Nc1ccc3ncccc3c12.